The van der Waals surface area contributed by atoms with Crippen molar-refractivity contribution in [2.45, 2.75) is 12.4 Å². The Balaban J connectivity index is 1.42. The van der Waals surface area contributed by atoms with Gasteiger partial charge in [-0.05, 0) is 41.5 Å². The number of halogens is 1. The van der Waals surface area contributed by atoms with Crippen LogP contribution in [0.1, 0.15) is 11.1 Å². The average molecular weight is 381 g/mol. The summed E-state index contributed by atoms with van der Waals surface area (Å²) < 4.78 is 19.3. The smallest absolute Gasteiger partial charge is 0.234 e. The van der Waals surface area contributed by atoms with Crippen molar-refractivity contribution in [3.05, 3.63) is 95.8 Å². The van der Waals surface area contributed by atoms with E-state index in [1.807, 2.05) is 42.5 Å². The van der Waals surface area contributed by atoms with Crippen molar-refractivity contribution in [1.29, 1.82) is 0 Å². The normalized spacial score (nSPS) is 10.4. The minimum atomic E-state index is -0.239. The van der Waals surface area contributed by atoms with Gasteiger partial charge in [-0.15, -0.1) is 11.8 Å². The predicted octanol–water partition coefficient (Wildman–Crippen LogP) is 5.28. The van der Waals surface area contributed by atoms with E-state index in [4.69, 9.17) is 4.74 Å². The molecule has 0 unspecified atom stereocenters. The molecule has 0 fully saturated rings. The van der Waals surface area contributed by atoms with E-state index in [1.54, 1.807) is 30.3 Å². The molecule has 0 atom stereocenters. The standard InChI is InChI=1S/C22H20FNO2S/c23-21-9-5-4-8-18(21)15-27-16-22(25)24-19-10-12-20(13-11-19)26-14-17-6-2-1-3-7-17/h1-13H,14-16H2,(H,24,25). The summed E-state index contributed by atoms with van der Waals surface area (Å²) in [4.78, 5) is 12.0. The number of carbonyl (C=O) groups is 1. The lowest BCUT2D eigenvalue weighted by Gasteiger charge is -2.09. The molecule has 138 valence electrons. The fourth-order valence-corrected chi connectivity index (χ4v) is 3.26. The molecule has 1 amide bonds. The quantitative estimate of drug-likeness (QED) is 0.577. The van der Waals surface area contributed by atoms with Gasteiger partial charge in [0.05, 0.1) is 5.75 Å². The zero-order valence-corrected chi connectivity index (χ0v) is 15.5. The van der Waals surface area contributed by atoms with Crippen molar-refractivity contribution in [2.75, 3.05) is 11.1 Å². The molecule has 3 aromatic carbocycles. The number of thioether (sulfide) groups is 1. The van der Waals surface area contributed by atoms with Crippen molar-refractivity contribution in [3.63, 3.8) is 0 Å². The van der Waals surface area contributed by atoms with E-state index in [0.29, 0.717) is 23.6 Å². The summed E-state index contributed by atoms with van der Waals surface area (Å²) in [5.74, 6) is 1.11. The zero-order valence-electron chi connectivity index (χ0n) is 14.7. The molecule has 0 heterocycles. The van der Waals surface area contributed by atoms with Gasteiger partial charge in [0.15, 0.2) is 0 Å². The Morgan fingerprint density at radius 3 is 2.37 bits per heavy atom. The van der Waals surface area contributed by atoms with Crippen molar-refractivity contribution in [1.82, 2.24) is 0 Å². The molecule has 3 aromatic rings. The summed E-state index contributed by atoms with van der Waals surface area (Å²) in [5.41, 5.74) is 2.41. The van der Waals surface area contributed by atoms with Gasteiger partial charge in [-0.3, -0.25) is 4.79 Å². The van der Waals surface area contributed by atoms with Crippen LogP contribution in [0.5, 0.6) is 5.75 Å². The summed E-state index contributed by atoms with van der Waals surface area (Å²) in [5, 5.41) is 2.83. The average Bonchev–Trinajstić information content (AvgIpc) is 2.70. The third-order valence-corrected chi connectivity index (χ3v) is 4.82. The van der Waals surface area contributed by atoms with Crippen molar-refractivity contribution < 1.29 is 13.9 Å². The predicted molar refractivity (Wildman–Crippen MR) is 108 cm³/mol. The molecular weight excluding hydrogens is 361 g/mol. The summed E-state index contributed by atoms with van der Waals surface area (Å²) in [6.07, 6.45) is 0. The van der Waals surface area contributed by atoms with Crippen LogP contribution in [0.4, 0.5) is 10.1 Å². The number of nitrogens with one attached hydrogen (secondary N) is 1. The molecule has 3 rings (SSSR count). The lowest BCUT2D eigenvalue weighted by atomic mass is 10.2. The number of benzene rings is 3. The number of amides is 1. The topological polar surface area (TPSA) is 38.3 Å². The molecule has 0 aliphatic heterocycles. The van der Waals surface area contributed by atoms with Gasteiger partial charge in [0, 0.05) is 11.4 Å². The van der Waals surface area contributed by atoms with Gasteiger partial charge < -0.3 is 10.1 Å². The molecule has 3 nitrogen and oxygen atoms in total. The number of carbonyl (C=O) groups excluding carboxylic acids is 1. The highest BCUT2D eigenvalue weighted by molar-refractivity contribution is 7.99. The molecule has 0 aliphatic rings. The Hall–Kier alpha value is -2.79. The molecule has 0 bridgehead atoms. The third kappa shape index (κ3) is 6.15. The molecule has 0 radical (unpaired) electrons. The maximum absolute atomic E-state index is 13.5. The summed E-state index contributed by atoms with van der Waals surface area (Å²) in [6.45, 7) is 0.499. The first-order chi connectivity index (χ1) is 13.2. The molecule has 0 saturated carbocycles. The third-order valence-electron chi connectivity index (χ3n) is 3.83. The van der Waals surface area contributed by atoms with Gasteiger partial charge in [-0.2, -0.15) is 0 Å². The van der Waals surface area contributed by atoms with Crippen LogP contribution < -0.4 is 10.1 Å². The van der Waals surface area contributed by atoms with Crippen molar-refractivity contribution >= 4 is 23.4 Å². The Kier molecular flexibility index (Phi) is 6.88. The van der Waals surface area contributed by atoms with Crippen LogP contribution in [-0.4, -0.2) is 11.7 Å². The maximum atomic E-state index is 13.5. The number of anilines is 1. The van der Waals surface area contributed by atoms with Crippen molar-refractivity contribution in [3.8, 4) is 5.75 Å². The van der Waals surface area contributed by atoms with Crippen LogP contribution >= 0.6 is 11.8 Å². The van der Waals surface area contributed by atoms with Crippen LogP contribution in [0.3, 0.4) is 0 Å². The second-order valence-electron chi connectivity index (χ2n) is 5.93. The SMILES string of the molecule is O=C(CSCc1ccccc1F)Nc1ccc(OCc2ccccc2)cc1. The van der Waals surface area contributed by atoms with Crippen LogP contribution in [-0.2, 0) is 17.2 Å². The molecule has 0 aliphatic carbocycles. The molecule has 5 heteroatoms. The van der Waals surface area contributed by atoms with Crippen LogP contribution in [0.15, 0.2) is 78.9 Å². The molecular formula is C22H20FNO2S. The lowest BCUT2D eigenvalue weighted by Crippen LogP contribution is -2.14. The molecule has 0 saturated heterocycles. The summed E-state index contributed by atoms with van der Waals surface area (Å²) >= 11 is 1.38. The van der Waals surface area contributed by atoms with E-state index >= 15 is 0 Å². The van der Waals surface area contributed by atoms with Crippen molar-refractivity contribution in [2.24, 2.45) is 0 Å². The second-order valence-corrected chi connectivity index (χ2v) is 6.92. The minimum absolute atomic E-state index is 0.116. The van der Waals surface area contributed by atoms with E-state index in [2.05, 4.69) is 5.32 Å². The first-order valence-electron chi connectivity index (χ1n) is 8.58. The van der Waals surface area contributed by atoms with Gasteiger partial charge in [0.2, 0.25) is 5.91 Å². The van der Waals surface area contributed by atoms with E-state index in [1.165, 1.54) is 17.8 Å². The first kappa shape index (κ1) is 19.0. The number of ether oxygens (including phenoxy) is 1. The van der Waals surface area contributed by atoms with Gasteiger partial charge in [0.1, 0.15) is 18.2 Å². The number of hydrogen-bond donors (Lipinski definition) is 1. The summed E-state index contributed by atoms with van der Waals surface area (Å²) in [7, 11) is 0. The van der Waals surface area contributed by atoms with Crippen LogP contribution in [0.25, 0.3) is 0 Å². The van der Waals surface area contributed by atoms with Gasteiger partial charge in [-0.1, -0.05) is 48.5 Å². The highest BCUT2D eigenvalue weighted by Gasteiger charge is 2.06. The number of rotatable bonds is 8. The number of hydrogen-bond acceptors (Lipinski definition) is 3. The minimum Gasteiger partial charge on any atom is -0.489 e. The van der Waals surface area contributed by atoms with Gasteiger partial charge >= 0.3 is 0 Å². The first-order valence-corrected chi connectivity index (χ1v) is 9.74. The molecule has 1 N–H and O–H groups in total. The van der Waals surface area contributed by atoms with Crippen LogP contribution in [0, 0.1) is 5.82 Å². The Morgan fingerprint density at radius 1 is 0.926 bits per heavy atom. The fourth-order valence-electron chi connectivity index (χ4n) is 2.44. The highest BCUT2D eigenvalue weighted by atomic mass is 32.2. The fraction of sp³-hybridized carbons (Fsp3) is 0.136. The van der Waals surface area contributed by atoms with Gasteiger partial charge in [0.25, 0.3) is 0 Å². The molecule has 0 aromatic heterocycles. The van der Waals surface area contributed by atoms with E-state index in [0.717, 1.165) is 11.3 Å². The second kappa shape index (κ2) is 9.78. The maximum Gasteiger partial charge on any atom is 0.234 e. The van der Waals surface area contributed by atoms with E-state index in [-0.39, 0.29) is 17.5 Å². The summed E-state index contributed by atoms with van der Waals surface area (Å²) in [6, 6.07) is 23.8. The monoisotopic (exact) mass is 381 g/mol. The molecule has 0 spiro atoms. The zero-order chi connectivity index (χ0) is 18.9. The van der Waals surface area contributed by atoms with E-state index in [9.17, 15) is 9.18 Å². The highest BCUT2D eigenvalue weighted by Crippen LogP contribution is 2.19. The van der Waals surface area contributed by atoms with Crippen LogP contribution in [0.2, 0.25) is 0 Å². The van der Waals surface area contributed by atoms with Gasteiger partial charge in [-0.25, -0.2) is 4.39 Å². The molecule has 27 heavy (non-hydrogen) atoms. The van der Waals surface area contributed by atoms with E-state index < -0.39 is 0 Å². The lowest BCUT2D eigenvalue weighted by molar-refractivity contribution is -0.113. The Labute approximate surface area is 162 Å². The largest absolute Gasteiger partial charge is 0.489 e. The Bertz CT molecular complexity index is 869. The Morgan fingerprint density at radius 2 is 1.63 bits per heavy atom.